The molecule has 0 saturated heterocycles. The predicted octanol–water partition coefficient (Wildman–Crippen LogP) is 3.43. The molecule has 2 rings (SSSR count). The highest BCUT2D eigenvalue weighted by Crippen LogP contribution is 2.30. The van der Waals surface area contributed by atoms with Gasteiger partial charge >= 0.3 is 0 Å². The molecule has 2 N–H and O–H groups in total. The van der Waals surface area contributed by atoms with Crippen LogP contribution in [0.2, 0.25) is 5.02 Å². The first-order valence-electron chi connectivity index (χ1n) is 7.59. The fourth-order valence-electron chi connectivity index (χ4n) is 2.19. The highest BCUT2D eigenvalue weighted by atomic mass is 35.5. The fraction of sp³-hybridized carbons (Fsp3) is 0.471. The molecule has 22 heavy (non-hydrogen) atoms. The average molecular weight is 322 g/mol. The Morgan fingerprint density at radius 2 is 2.00 bits per heavy atom. The van der Waals surface area contributed by atoms with Crippen LogP contribution >= 0.6 is 11.6 Å². The molecule has 0 radical (unpaired) electrons. The van der Waals surface area contributed by atoms with E-state index >= 15 is 0 Å². The van der Waals surface area contributed by atoms with E-state index in [0.29, 0.717) is 11.6 Å². The number of nitrogens with zero attached hydrogens (tertiary/aromatic N) is 2. The van der Waals surface area contributed by atoms with Crippen LogP contribution in [0.15, 0.2) is 30.5 Å². The summed E-state index contributed by atoms with van der Waals surface area (Å²) in [4.78, 5) is 0. The van der Waals surface area contributed by atoms with Crippen LogP contribution in [0.25, 0.3) is 11.3 Å². The fourth-order valence-corrected chi connectivity index (χ4v) is 2.42. The number of aliphatic hydroxyl groups excluding tert-OH is 1. The summed E-state index contributed by atoms with van der Waals surface area (Å²) in [5, 5.41) is 17.7. The van der Waals surface area contributed by atoms with E-state index in [2.05, 4.69) is 32.3 Å². The van der Waals surface area contributed by atoms with Crippen molar-refractivity contribution >= 4 is 11.6 Å². The number of aromatic nitrogens is 2. The summed E-state index contributed by atoms with van der Waals surface area (Å²) in [6, 6.07) is 7.77. The zero-order chi connectivity index (χ0) is 16.2. The summed E-state index contributed by atoms with van der Waals surface area (Å²) in [7, 11) is 0. The molecule has 0 aliphatic rings. The van der Waals surface area contributed by atoms with Gasteiger partial charge in [-0.1, -0.05) is 29.8 Å². The summed E-state index contributed by atoms with van der Waals surface area (Å²) >= 11 is 6.34. The van der Waals surface area contributed by atoms with Crippen molar-refractivity contribution in [1.82, 2.24) is 15.1 Å². The molecule has 4 nitrogen and oxygen atoms in total. The highest BCUT2D eigenvalue weighted by molar-refractivity contribution is 6.33. The molecule has 0 atom stereocenters. The van der Waals surface area contributed by atoms with Crippen molar-refractivity contribution in [1.29, 1.82) is 0 Å². The highest BCUT2D eigenvalue weighted by Gasteiger charge is 2.19. The minimum atomic E-state index is -0.0840. The van der Waals surface area contributed by atoms with Gasteiger partial charge in [0.05, 0.1) is 16.3 Å². The quantitative estimate of drug-likeness (QED) is 0.801. The minimum Gasteiger partial charge on any atom is -0.396 e. The second-order valence-corrected chi connectivity index (χ2v) is 6.76. The lowest BCUT2D eigenvalue weighted by Crippen LogP contribution is -2.22. The third-order valence-corrected chi connectivity index (χ3v) is 3.76. The first-order valence-corrected chi connectivity index (χ1v) is 7.97. The molecular formula is C17H24ClN3O. The maximum absolute atomic E-state index is 8.87. The molecule has 0 fully saturated rings. The van der Waals surface area contributed by atoms with Gasteiger partial charge in [0.25, 0.3) is 0 Å². The van der Waals surface area contributed by atoms with Crippen molar-refractivity contribution < 1.29 is 5.11 Å². The van der Waals surface area contributed by atoms with E-state index in [-0.39, 0.29) is 12.1 Å². The third kappa shape index (κ3) is 4.09. The molecule has 0 aliphatic carbocycles. The Balaban J connectivity index is 2.34. The van der Waals surface area contributed by atoms with Crippen LogP contribution in [-0.4, -0.2) is 28.0 Å². The van der Waals surface area contributed by atoms with Gasteiger partial charge in [-0.3, -0.25) is 4.68 Å². The molecule has 1 aromatic heterocycles. The lowest BCUT2D eigenvalue weighted by atomic mass is 10.1. The molecule has 1 heterocycles. The Hall–Kier alpha value is -1.36. The number of hydrogen-bond donors (Lipinski definition) is 2. The third-order valence-electron chi connectivity index (χ3n) is 3.43. The van der Waals surface area contributed by atoms with Gasteiger partial charge in [-0.05, 0) is 39.8 Å². The van der Waals surface area contributed by atoms with Crippen molar-refractivity contribution in [3.05, 3.63) is 41.0 Å². The number of hydrogen-bond acceptors (Lipinski definition) is 3. The van der Waals surface area contributed by atoms with E-state index in [1.165, 1.54) is 0 Å². The van der Waals surface area contributed by atoms with Crippen LogP contribution < -0.4 is 5.32 Å². The van der Waals surface area contributed by atoms with Crippen LogP contribution in [0.3, 0.4) is 0 Å². The zero-order valence-electron chi connectivity index (χ0n) is 13.4. The van der Waals surface area contributed by atoms with Crippen molar-refractivity contribution in [3.8, 4) is 11.3 Å². The van der Waals surface area contributed by atoms with Gasteiger partial charge in [-0.15, -0.1) is 0 Å². The standard InChI is InChI=1S/C17H24ClN3O/c1-17(2,3)21-12-13(11-19-9-6-10-22)16(20-21)14-7-4-5-8-15(14)18/h4-5,7-8,12,19,22H,6,9-11H2,1-3H3. The van der Waals surface area contributed by atoms with Crippen LogP contribution in [0.5, 0.6) is 0 Å². The largest absolute Gasteiger partial charge is 0.396 e. The Morgan fingerprint density at radius 1 is 1.27 bits per heavy atom. The molecule has 0 unspecified atom stereocenters. The average Bonchev–Trinajstić information content (AvgIpc) is 2.88. The van der Waals surface area contributed by atoms with E-state index in [0.717, 1.165) is 29.8 Å². The van der Waals surface area contributed by atoms with Gasteiger partial charge in [0.1, 0.15) is 0 Å². The summed E-state index contributed by atoms with van der Waals surface area (Å²) in [5.41, 5.74) is 2.89. The van der Waals surface area contributed by atoms with Crippen LogP contribution in [0.4, 0.5) is 0 Å². The number of nitrogens with one attached hydrogen (secondary N) is 1. The Bertz CT molecular complexity index is 617. The van der Waals surface area contributed by atoms with Crippen LogP contribution in [0, 0.1) is 0 Å². The number of halogens is 1. The molecule has 5 heteroatoms. The summed E-state index contributed by atoms with van der Waals surface area (Å²) in [6.45, 7) is 8.06. The molecule has 2 aromatic rings. The summed E-state index contributed by atoms with van der Waals surface area (Å²) in [5.74, 6) is 0. The normalized spacial score (nSPS) is 11.9. The molecule has 0 bridgehead atoms. The lowest BCUT2D eigenvalue weighted by Gasteiger charge is -2.18. The summed E-state index contributed by atoms with van der Waals surface area (Å²) in [6.07, 6.45) is 2.82. The maximum Gasteiger partial charge on any atom is 0.0983 e. The number of rotatable bonds is 6. The van der Waals surface area contributed by atoms with Crippen molar-refractivity contribution in [2.75, 3.05) is 13.2 Å². The molecule has 0 aliphatic heterocycles. The van der Waals surface area contributed by atoms with E-state index in [4.69, 9.17) is 21.8 Å². The van der Waals surface area contributed by atoms with Gasteiger partial charge in [-0.2, -0.15) is 5.10 Å². The predicted molar refractivity (Wildman–Crippen MR) is 91.1 cm³/mol. The van der Waals surface area contributed by atoms with Gasteiger partial charge in [-0.25, -0.2) is 0 Å². The number of aliphatic hydroxyl groups is 1. The Labute approximate surface area is 137 Å². The molecule has 0 amide bonds. The van der Waals surface area contributed by atoms with Crippen molar-refractivity contribution in [2.24, 2.45) is 0 Å². The minimum absolute atomic E-state index is 0.0840. The lowest BCUT2D eigenvalue weighted by molar-refractivity contribution is 0.286. The second kappa shape index (κ2) is 7.27. The monoisotopic (exact) mass is 321 g/mol. The Kier molecular flexibility index (Phi) is 5.62. The maximum atomic E-state index is 8.87. The first-order chi connectivity index (χ1) is 10.4. The van der Waals surface area contributed by atoms with E-state index in [9.17, 15) is 0 Å². The summed E-state index contributed by atoms with van der Waals surface area (Å²) < 4.78 is 1.98. The number of benzene rings is 1. The Morgan fingerprint density at radius 3 is 2.64 bits per heavy atom. The zero-order valence-corrected chi connectivity index (χ0v) is 14.2. The molecular weight excluding hydrogens is 298 g/mol. The van der Waals surface area contributed by atoms with Crippen LogP contribution in [-0.2, 0) is 12.1 Å². The van der Waals surface area contributed by atoms with Crippen molar-refractivity contribution in [3.63, 3.8) is 0 Å². The SMILES string of the molecule is CC(C)(C)n1cc(CNCCCO)c(-c2ccccc2Cl)n1. The van der Waals surface area contributed by atoms with E-state index in [1.54, 1.807) is 0 Å². The van der Waals surface area contributed by atoms with E-state index in [1.807, 2.05) is 28.9 Å². The molecule has 120 valence electrons. The topological polar surface area (TPSA) is 50.1 Å². The molecule has 0 saturated carbocycles. The smallest absolute Gasteiger partial charge is 0.0983 e. The van der Waals surface area contributed by atoms with Crippen LogP contribution in [0.1, 0.15) is 32.8 Å². The van der Waals surface area contributed by atoms with E-state index < -0.39 is 0 Å². The first kappa shape index (κ1) is 17.0. The second-order valence-electron chi connectivity index (χ2n) is 6.35. The van der Waals surface area contributed by atoms with Gasteiger partial charge in [0.2, 0.25) is 0 Å². The van der Waals surface area contributed by atoms with Gasteiger partial charge in [0, 0.05) is 30.5 Å². The molecule has 0 spiro atoms. The van der Waals surface area contributed by atoms with Gasteiger partial charge < -0.3 is 10.4 Å². The van der Waals surface area contributed by atoms with Gasteiger partial charge in [0.15, 0.2) is 0 Å². The van der Waals surface area contributed by atoms with Crippen molar-refractivity contribution in [2.45, 2.75) is 39.3 Å². The molecule has 1 aromatic carbocycles.